The molecular weight excluding hydrogens is 323 g/mol. The lowest BCUT2D eigenvalue weighted by atomic mass is 9.97. The lowest BCUT2D eigenvalue weighted by Gasteiger charge is -2.32. The second-order valence-corrected chi connectivity index (χ2v) is 5.78. The van der Waals surface area contributed by atoms with Gasteiger partial charge in [0.15, 0.2) is 5.69 Å². The first kappa shape index (κ1) is 16.5. The van der Waals surface area contributed by atoms with Crippen LogP contribution in [0.2, 0.25) is 0 Å². The first-order valence-electron chi connectivity index (χ1n) is 7.61. The zero-order valence-electron chi connectivity index (χ0n) is 13.4. The molecule has 0 unspecified atom stereocenters. The summed E-state index contributed by atoms with van der Waals surface area (Å²) in [5, 5.41) is 0. The van der Waals surface area contributed by atoms with Crippen LogP contribution in [-0.4, -0.2) is 39.7 Å². The number of nitrogens with zero attached hydrogens (tertiary/aromatic N) is 5. The molecule has 2 aromatic rings. The lowest BCUT2D eigenvalue weighted by Crippen LogP contribution is -2.36. The van der Waals surface area contributed by atoms with Gasteiger partial charge in [-0.2, -0.15) is 18.2 Å². The smallest absolute Gasteiger partial charge is 0.434 e. The molecule has 0 saturated carbocycles. The summed E-state index contributed by atoms with van der Waals surface area (Å²) in [6.45, 7) is 1.27. The van der Waals surface area contributed by atoms with E-state index in [4.69, 9.17) is 4.74 Å². The summed E-state index contributed by atoms with van der Waals surface area (Å²) in [5.41, 5.74) is -0.852. The fourth-order valence-corrected chi connectivity index (χ4v) is 2.96. The lowest BCUT2D eigenvalue weighted by molar-refractivity contribution is -0.141. The van der Waals surface area contributed by atoms with E-state index in [0.29, 0.717) is 24.2 Å². The molecule has 130 valence electrons. The second kappa shape index (κ2) is 6.29. The minimum absolute atomic E-state index is 0.102. The number of aromatic nitrogens is 4. The Morgan fingerprint density at radius 2 is 2.08 bits per heavy atom. The second-order valence-electron chi connectivity index (χ2n) is 5.78. The number of aryl methyl sites for hydroxylation is 1. The van der Waals surface area contributed by atoms with Crippen LogP contribution in [0, 0.1) is 0 Å². The molecule has 0 spiro atoms. The van der Waals surface area contributed by atoms with Gasteiger partial charge in [0, 0.05) is 44.5 Å². The van der Waals surface area contributed by atoms with Crippen LogP contribution >= 0.6 is 0 Å². The van der Waals surface area contributed by atoms with Crippen LogP contribution in [0.3, 0.4) is 0 Å². The molecule has 0 bridgehead atoms. The molecule has 24 heavy (non-hydrogen) atoms. The van der Waals surface area contributed by atoms with E-state index in [2.05, 4.69) is 15.0 Å². The van der Waals surface area contributed by atoms with Crippen LogP contribution in [0.5, 0.6) is 5.88 Å². The monoisotopic (exact) mass is 341 g/mol. The highest BCUT2D eigenvalue weighted by atomic mass is 19.4. The number of anilines is 1. The van der Waals surface area contributed by atoms with Crippen molar-refractivity contribution >= 4 is 5.95 Å². The van der Waals surface area contributed by atoms with Gasteiger partial charge >= 0.3 is 6.18 Å². The average Bonchev–Trinajstić information content (AvgIpc) is 2.97. The van der Waals surface area contributed by atoms with Gasteiger partial charge in [0.2, 0.25) is 11.8 Å². The molecule has 0 amide bonds. The molecule has 1 aliphatic rings. The molecule has 0 N–H and O–H groups in total. The first-order chi connectivity index (χ1) is 11.4. The number of halogens is 3. The van der Waals surface area contributed by atoms with E-state index >= 15 is 0 Å². The van der Waals surface area contributed by atoms with Crippen LogP contribution in [-0.2, 0) is 13.2 Å². The molecule has 3 rings (SSSR count). The summed E-state index contributed by atoms with van der Waals surface area (Å²) in [5.74, 6) is 1.31. The number of ether oxygens (including phenoxy) is 1. The predicted molar refractivity (Wildman–Crippen MR) is 81.0 cm³/mol. The number of hydrogen-bond donors (Lipinski definition) is 0. The van der Waals surface area contributed by atoms with Gasteiger partial charge in [-0.3, -0.25) is 0 Å². The maximum Gasteiger partial charge on any atom is 0.434 e. The van der Waals surface area contributed by atoms with Crippen molar-refractivity contribution in [2.45, 2.75) is 24.9 Å². The Balaban J connectivity index is 1.82. The first-order valence-corrected chi connectivity index (χ1v) is 7.61. The SMILES string of the molecule is COc1ccnc(N2CCC[C@@H](c3nc(C(F)(F)F)cn3C)C2)n1. The Kier molecular flexibility index (Phi) is 4.33. The van der Waals surface area contributed by atoms with E-state index in [0.717, 1.165) is 25.6 Å². The van der Waals surface area contributed by atoms with Crippen molar-refractivity contribution in [3.05, 3.63) is 30.0 Å². The molecule has 0 aromatic carbocycles. The maximum absolute atomic E-state index is 12.9. The summed E-state index contributed by atoms with van der Waals surface area (Å²) >= 11 is 0. The molecule has 6 nitrogen and oxygen atoms in total. The molecule has 1 atom stereocenters. The van der Waals surface area contributed by atoms with E-state index < -0.39 is 11.9 Å². The Morgan fingerprint density at radius 1 is 1.29 bits per heavy atom. The highest BCUT2D eigenvalue weighted by Gasteiger charge is 2.36. The fourth-order valence-electron chi connectivity index (χ4n) is 2.96. The maximum atomic E-state index is 12.9. The Bertz CT molecular complexity index is 715. The molecule has 2 aromatic heterocycles. The molecule has 9 heteroatoms. The largest absolute Gasteiger partial charge is 0.481 e. The minimum Gasteiger partial charge on any atom is -0.481 e. The Hall–Kier alpha value is -2.32. The van der Waals surface area contributed by atoms with E-state index in [1.165, 1.54) is 11.7 Å². The summed E-state index contributed by atoms with van der Waals surface area (Å²) in [6, 6.07) is 1.65. The van der Waals surface area contributed by atoms with Gasteiger partial charge in [-0.25, -0.2) is 9.97 Å². The van der Waals surface area contributed by atoms with Gasteiger partial charge in [0.1, 0.15) is 5.82 Å². The molecule has 3 heterocycles. The van der Waals surface area contributed by atoms with E-state index in [1.807, 2.05) is 4.90 Å². The highest BCUT2D eigenvalue weighted by Crippen LogP contribution is 2.32. The van der Waals surface area contributed by atoms with Gasteiger partial charge in [-0.15, -0.1) is 0 Å². The molecular formula is C15H18F3N5O. The fraction of sp³-hybridized carbons (Fsp3) is 0.533. The number of hydrogen-bond acceptors (Lipinski definition) is 5. The van der Waals surface area contributed by atoms with Crippen LogP contribution in [0.4, 0.5) is 19.1 Å². The quantitative estimate of drug-likeness (QED) is 0.859. The number of alkyl halides is 3. The third-order valence-corrected chi connectivity index (χ3v) is 4.10. The number of rotatable bonds is 3. The summed E-state index contributed by atoms with van der Waals surface area (Å²) in [4.78, 5) is 14.3. The predicted octanol–water partition coefficient (Wildman–Crippen LogP) is 2.62. The average molecular weight is 341 g/mol. The molecule has 0 aliphatic carbocycles. The van der Waals surface area contributed by atoms with Gasteiger partial charge in [-0.1, -0.05) is 0 Å². The normalized spacial score (nSPS) is 18.7. The van der Waals surface area contributed by atoms with Crippen LogP contribution in [0.25, 0.3) is 0 Å². The Labute approximate surface area is 137 Å². The van der Waals surface area contributed by atoms with Crippen molar-refractivity contribution in [2.24, 2.45) is 7.05 Å². The van der Waals surface area contributed by atoms with Gasteiger partial charge < -0.3 is 14.2 Å². The number of piperidine rings is 1. The zero-order chi connectivity index (χ0) is 17.3. The van der Waals surface area contributed by atoms with Crippen molar-refractivity contribution in [2.75, 3.05) is 25.1 Å². The number of methoxy groups -OCH3 is 1. The Morgan fingerprint density at radius 3 is 2.75 bits per heavy atom. The summed E-state index contributed by atoms with van der Waals surface area (Å²) < 4.78 is 45.1. The van der Waals surface area contributed by atoms with Crippen molar-refractivity contribution in [3.8, 4) is 5.88 Å². The van der Waals surface area contributed by atoms with E-state index in [1.54, 1.807) is 19.3 Å². The molecule has 1 saturated heterocycles. The van der Waals surface area contributed by atoms with Crippen LogP contribution in [0.15, 0.2) is 18.5 Å². The summed E-state index contributed by atoms with van der Waals surface area (Å²) in [7, 11) is 3.12. The van der Waals surface area contributed by atoms with Crippen molar-refractivity contribution in [1.29, 1.82) is 0 Å². The molecule has 1 fully saturated rings. The van der Waals surface area contributed by atoms with E-state index in [9.17, 15) is 13.2 Å². The minimum atomic E-state index is -4.43. The number of imidazole rings is 1. The van der Waals surface area contributed by atoms with Gasteiger partial charge in [0.25, 0.3) is 0 Å². The van der Waals surface area contributed by atoms with Crippen molar-refractivity contribution in [3.63, 3.8) is 0 Å². The van der Waals surface area contributed by atoms with Crippen LogP contribution < -0.4 is 9.64 Å². The van der Waals surface area contributed by atoms with Crippen molar-refractivity contribution < 1.29 is 17.9 Å². The highest BCUT2D eigenvalue weighted by molar-refractivity contribution is 5.34. The zero-order valence-corrected chi connectivity index (χ0v) is 13.4. The third kappa shape index (κ3) is 3.29. The molecule has 1 aliphatic heterocycles. The molecule has 0 radical (unpaired) electrons. The summed E-state index contributed by atoms with van der Waals surface area (Å²) in [6.07, 6.45) is -0.175. The third-order valence-electron chi connectivity index (χ3n) is 4.10. The van der Waals surface area contributed by atoms with Crippen LogP contribution in [0.1, 0.15) is 30.3 Å². The van der Waals surface area contributed by atoms with Crippen molar-refractivity contribution in [1.82, 2.24) is 19.5 Å². The topological polar surface area (TPSA) is 56.1 Å². The van der Waals surface area contributed by atoms with E-state index in [-0.39, 0.29) is 5.92 Å². The standard InChI is InChI=1S/C15H18F3N5O/c1-22-9-11(15(16,17)18)20-13(22)10-4-3-7-23(8-10)14-19-6-5-12(21-14)24-2/h5-6,9-10H,3-4,7-8H2,1-2H3/t10-/m1/s1. The van der Waals surface area contributed by atoms with Gasteiger partial charge in [-0.05, 0) is 12.8 Å². The van der Waals surface area contributed by atoms with Gasteiger partial charge in [0.05, 0.1) is 7.11 Å².